The van der Waals surface area contributed by atoms with Gasteiger partial charge in [0.2, 0.25) is 0 Å². The quantitative estimate of drug-likeness (QED) is 0.483. The first-order chi connectivity index (χ1) is 8.61. The maximum atomic E-state index is 11.5. The Balaban J connectivity index is 2.02. The van der Waals surface area contributed by atoms with Crippen LogP contribution in [0.3, 0.4) is 0 Å². The topological polar surface area (TPSA) is 71.5 Å². The third-order valence-electron chi connectivity index (χ3n) is 3.91. The molecule has 1 amide bonds. The molecule has 0 bridgehead atoms. The molecule has 100 valence electrons. The predicted octanol–water partition coefficient (Wildman–Crippen LogP) is 1.36. The van der Waals surface area contributed by atoms with Crippen LogP contribution in [0.4, 0.5) is 0 Å². The number of nitrogens with zero attached hydrogens (tertiary/aromatic N) is 1. The fourth-order valence-corrected chi connectivity index (χ4v) is 2.44. The minimum absolute atomic E-state index is 0.294. The van der Waals surface area contributed by atoms with Crippen LogP contribution in [-0.4, -0.2) is 23.9 Å². The monoisotopic (exact) mass is 251 g/mol. The van der Waals surface area contributed by atoms with Crippen molar-refractivity contribution in [2.24, 2.45) is 17.7 Å². The molecule has 0 spiro atoms. The van der Waals surface area contributed by atoms with Crippen LogP contribution in [0.2, 0.25) is 0 Å². The Morgan fingerprint density at radius 1 is 1.56 bits per heavy atom. The van der Waals surface area contributed by atoms with Crippen LogP contribution in [0.25, 0.3) is 0 Å². The molecule has 2 heterocycles. The van der Waals surface area contributed by atoms with Gasteiger partial charge in [0, 0.05) is 6.54 Å². The highest BCUT2D eigenvalue weighted by Crippen LogP contribution is 2.24. The molecule has 1 saturated heterocycles. The number of hydrogen-bond donors (Lipinski definition) is 2. The number of amides is 1. The van der Waals surface area contributed by atoms with E-state index in [4.69, 9.17) is 10.3 Å². The average Bonchev–Trinajstić information content (AvgIpc) is 2.81. The van der Waals surface area contributed by atoms with Gasteiger partial charge in [-0.3, -0.25) is 15.1 Å². The van der Waals surface area contributed by atoms with E-state index in [0.29, 0.717) is 23.8 Å². The third-order valence-corrected chi connectivity index (χ3v) is 3.91. The van der Waals surface area contributed by atoms with E-state index in [2.05, 4.69) is 24.2 Å². The summed E-state index contributed by atoms with van der Waals surface area (Å²) in [6.07, 6.45) is 2.73. The largest absolute Gasteiger partial charge is 0.467 e. The van der Waals surface area contributed by atoms with E-state index in [0.717, 1.165) is 19.0 Å². The van der Waals surface area contributed by atoms with Crippen molar-refractivity contribution in [1.29, 1.82) is 0 Å². The second-order valence-corrected chi connectivity index (χ2v) is 5.21. The third kappa shape index (κ3) is 2.73. The zero-order valence-corrected chi connectivity index (χ0v) is 11.0. The molecule has 1 fully saturated rings. The highest BCUT2D eigenvalue weighted by molar-refractivity contribution is 5.94. The number of carbonyl (C=O) groups excluding carboxylic acids is 1. The smallest absolute Gasteiger partial charge is 0.268 e. The summed E-state index contributed by atoms with van der Waals surface area (Å²) < 4.78 is 5.39. The van der Waals surface area contributed by atoms with Gasteiger partial charge in [-0.25, -0.2) is 5.84 Å². The van der Waals surface area contributed by atoms with Crippen LogP contribution in [0.1, 0.15) is 36.4 Å². The highest BCUT2D eigenvalue weighted by Gasteiger charge is 2.24. The Morgan fingerprint density at radius 2 is 2.33 bits per heavy atom. The lowest BCUT2D eigenvalue weighted by atomic mass is 9.88. The summed E-state index contributed by atoms with van der Waals surface area (Å²) in [4.78, 5) is 13.9. The molecule has 18 heavy (non-hydrogen) atoms. The molecule has 0 saturated carbocycles. The number of nitrogen functional groups attached to an aromatic ring is 1. The van der Waals surface area contributed by atoms with Crippen molar-refractivity contribution in [3.8, 4) is 0 Å². The van der Waals surface area contributed by atoms with E-state index in [1.807, 2.05) is 0 Å². The lowest BCUT2D eigenvalue weighted by Crippen LogP contribution is -2.38. The normalized spacial score (nSPS) is 25.1. The maximum absolute atomic E-state index is 11.5. The second kappa shape index (κ2) is 5.54. The molecular weight excluding hydrogens is 230 g/mol. The van der Waals surface area contributed by atoms with Crippen LogP contribution in [0, 0.1) is 11.8 Å². The van der Waals surface area contributed by atoms with Gasteiger partial charge in [0.25, 0.3) is 5.91 Å². The Morgan fingerprint density at radius 3 is 3.00 bits per heavy atom. The first-order valence-corrected chi connectivity index (χ1v) is 6.41. The number of hydrazine groups is 1. The first kappa shape index (κ1) is 13.1. The predicted molar refractivity (Wildman–Crippen MR) is 68.6 cm³/mol. The van der Waals surface area contributed by atoms with Gasteiger partial charge in [0.1, 0.15) is 5.76 Å². The molecule has 5 nitrogen and oxygen atoms in total. The number of likely N-dealkylation sites (tertiary alicyclic amines) is 1. The van der Waals surface area contributed by atoms with Crippen LogP contribution < -0.4 is 11.3 Å². The van der Waals surface area contributed by atoms with Gasteiger partial charge in [-0.1, -0.05) is 13.8 Å². The molecule has 1 aromatic rings. The lowest BCUT2D eigenvalue weighted by molar-refractivity contribution is 0.0944. The zero-order valence-electron chi connectivity index (χ0n) is 11.0. The molecule has 1 aliphatic rings. The maximum Gasteiger partial charge on any atom is 0.268 e. The zero-order chi connectivity index (χ0) is 13.1. The van der Waals surface area contributed by atoms with E-state index in [-0.39, 0.29) is 5.91 Å². The van der Waals surface area contributed by atoms with E-state index in [1.165, 1.54) is 12.7 Å². The summed E-state index contributed by atoms with van der Waals surface area (Å²) in [5, 5.41) is 0. The van der Waals surface area contributed by atoms with Gasteiger partial charge in [0.05, 0.1) is 18.4 Å². The number of furan rings is 1. The number of nitrogens with one attached hydrogen (secondary N) is 1. The Bertz CT molecular complexity index is 416. The Hall–Kier alpha value is -1.33. The molecule has 0 aliphatic carbocycles. The van der Waals surface area contributed by atoms with Crippen molar-refractivity contribution in [2.45, 2.75) is 26.8 Å². The van der Waals surface area contributed by atoms with Gasteiger partial charge in [0.15, 0.2) is 0 Å². The van der Waals surface area contributed by atoms with Gasteiger partial charge in [-0.05, 0) is 30.9 Å². The standard InChI is InChI=1S/C13H21N3O2/c1-9-3-5-16(7-10(9)2)8-12-11(4-6-18-12)13(17)15-14/h4,6,9-10H,3,5,7-8,14H2,1-2H3,(H,15,17). The van der Waals surface area contributed by atoms with Crippen LogP contribution >= 0.6 is 0 Å². The first-order valence-electron chi connectivity index (χ1n) is 6.41. The fourth-order valence-electron chi connectivity index (χ4n) is 2.44. The van der Waals surface area contributed by atoms with Crippen LogP contribution in [0.15, 0.2) is 16.7 Å². The summed E-state index contributed by atoms with van der Waals surface area (Å²) in [5.41, 5.74) is 2.67. The van der Waals surface area contributed by atoms with Gasteiger partial charge in [-0.2, -0.15) is 0 Å². The number of carbonyl (C=O) groups is 1. The van der Waals surface area contributed by atoms with E-state index in [9.17, 15) is 4.79 Å². The summed E-state index contributed by atoms with van der Waals surface area (Å²) in [6, 6.07) is 1.66. The Labute approximate surface area is 107 Å². The van der Waals surface area contributed by atoms with Crippen molar-refractivity contribution >= 4 is 5.91 Å². The fraction of sp³-hybridized carbons (Fsp3) is 0.615. The number of nitrogens with two attached hydrogens (primary N) is 1. The van der Waals surface area contributed by atoms with Gasteiger partial charge >= 0.3 is 0 Å². The number of hydrogen-bond acceptors (Lipinski definition) is 4. The minimum Gasteiger partial charge on any atom is -0.467 e. The molecule has 1 aliphatic heterocycles. The van der Waals surface area contributed by atoms with E-state index < -0.39 is 0 Å². The molecule has 2 rings (SSSR count). The molecular formula is C13H21N3O2. The average molecular weight is 251 g/mol. The summed E-state index contributed by atoms with van der Waals surface area (Å²) in [5.74, 6) is 7.00. The van der Waals surface area contributed by atoms with Gasteiger partial charge in [-0.15, -0.1) is 0 Å². The summed E-state index contributed by atoms with van der Waals surface area (Å²) in [6.45, 7) is 7.34. The second-order valence-electron chi connectivity index (χ2n) is 5.21. The highest BCUT2D eigenvalue weighted by atomic mass is 16.3. The van der Waals surface area contributed by atoms with Crippen molar-refractivity contribution in [3.05, 3.63) is 23.7 Å². The molecule has 0 radical (unpaired) electrons. The van der Waals surface area contributed by atoms with Crippen molar-refractivity contribution in [1.82, 2.24) is 10.3 Å². The summed E-state index contributed by atoms with van der Waals surface area (Å²) in [7, 11) is 0. The van der Waals surface area contributed by atoms with Gasteiger partial charge < -0.3 is 4.42 Å². The molecule has 2 atom stereocenters. The van der Waals surface area contributed by atoms with Crippen molar-refractivity contribution in [3.63, 3.8) is 0 Å². The van der Waals surface area contributed by atoms with E-state index in [1.54, 1.807) is 6.07 Å². The van der Waals surface area contributed by atoms with E-state index >= 15 is 0 Å². The summed E-state index contributed by atoms with van der Waals surface area (Å²) >= 11 is 0. The lowest BCUT2D eigenvalue weighted by Gasteiger charge is -2.34. The minimum atomic E-state index is -0.294. The number of rotatable bonds is 3. The van der Waals surface area contributed by atoms with Crippen LogP contribution in [-0.2, 0) is 6.54 Å². The Kier molecular flexibility index (Phi) is 4.04. The SMILES string of the molecule is CC1CCN(Cc2occc2C(=O)NN)CC1C. The van der Waals surface area contributed by atoms with Crippen molar-refractivity contribution < 1.29 is 9.21 Å². The number of piperidine rings is 1. The molecule has 2 unspecified atom stereocenters. The molecule has 5 heteroatoms. The molecule has 1 aromatic heterocycles. The molecule has 0 aromatic carbocycles. The van der Waals surface area contributed by atoms with Crippen molar-refractivity contribution in [2.75, 3.05) is 13.1 Å². The molecule has 3 N–H and O–H groups in total. The van der Waals surface area contributed by atoms with Crippen LogP contribution in [0.5, 0.6) is 0 Å².